The molecule has 0 amide bonds. The van der Waals surface area contributed by atoms with Gasteiger partial charge in [-0.15, -0.1) is 0 Å². The fraction of sp³-hybridized carbons (Fsp3) is 0.250. The van der Waals surface area contributed by atoms with Gasteiger partial charge in [0.1, 0.15) is 0 Å². The van der Waals surface area contributed by atoms with Crippen LogP contribution in [0.15, 0.2) is 40.9 Å². The molecule has 0 fully saturated rings. The van der Waals surface area contributed by atoms with Gasteiger partial charge in [0.05, 0.1) is 9.40 Å². The minimum absolute atomic E-state index is 0.100. The van der Waals surface area contributed by atoms with Crippen molar-refractivity contribution in [3.8, 4) is 0 Å². The molecule has 1 N–H and O–H groups in total. The fourth-order valence-corrected chi connectivity index (χ4v) is 3.09. The van der Waals surface area contributed by atoms with E-state index in [1.807, 2.05) is 6.07 Å². The van der Waals surface area contributed by atoms with Gasteiger partial charge in [0.25, 0.3) is 5.69 Å². The van der Waals surface area contributed by atoms with Crippen molar-refractivity contribution < 1.29 is 4.92 Å². The Labute approximate surface area is 131 Å². The minimum Gasteiger partial charge on any atom is -0.381 e. The van der Waals surface area contributed by atoms with E-state index in [0.717, 1.165) is 17.7 Å². The molecule has 5 heteroatoms. The summed E-state index contributed by atoms with van der Waals surface area (Å²) < 4.78 is 0.508. The number of rotatable bonds is 4. The van der Waals surface area contributed by atoms with Crippen LogP contribution in [0.3, 0.4) is 0 Å². The first-order valence-corrected chi connectivity index (χ1v) is 7.71. The predicted octanol–water partition coefficient (Wildman–Crippen LogP) is 4.46. The maximum Gasteiger partial charge on any atom is 0.283 e. The molecule has 0 spiro atoms. The molecule has 2 aromatic rings. The SMILES string of the molecule is O=[N+]([O-])c1cc(CNc2ccc3c(c2)CCC3)ccc1Br. The number of halogens is 1. The third-order valence-corrected chi connectivity index (χ3v) is 4.47. The van der Waals surface area contributed by atoms with Crippen molar-refractivity contribution in [3.63, 3.8) is 0 Å². The zero-order valence-corrected chi connectivity index (χ0v) is 13.0. The zero-order valence-electron chi connectivity index (χ0n) is 11.4. The Balaban J connectivity index is 1.73. The first-order valence-electron chi connectivity index (χ1n) is 6.92. The Kier molecular flexibility index (Phi) is 3.92. The lowest BCUT2D eigenvalue weighted by molar-refractivity contribution is -0.385. The van der Waals surface area contributed by atoms with Crippen molar-refractivity contribution in [3.05, 3.63) is 67.7 Å². The van der Waals surface area contributed by atoms with E-state index in [1.165, 1.54) is 24.0 Å². The van der Waals surface area contributed by atoms with Crippen LogP contribution in [0.2, 0.25) is 0 Å². The van der Waals surface area contributed by atoms with Gasteiger partial charge in [0.2, 0.25) is 0 Å². The number of anilines is 1. The Morgan fingerprint density at radius 1 is 1.14 bits per heavy atom. The van der Waals surface area contributed by atoms with E-state index in [-0.39, 0.29) is 10.6 Å². The lowest BCUT2D eigenvalue weighted by atomic mass is 10.1. The third kappa shape index (κ3) is 3.08. The van der Waals surface area contributed by atoms with Gasteiger partial charge in [-0.05, 0) is 70.1 Å². The van der Waals surface area contributed by atoms with Crippen LogP contribution in [-0.2, 0) is 19.4 Å². The highest BCUT2D eigenvalue weighted by molar-refractivity contribution is 9.10. The van der Waals surface area contributed by atoms with Crippen molar-refractivity contribution in [2.75, 3.05) is 5.32 Å². The van der Waals surface area contributed by atoms with Crippen LogP contribution in [0.5, 0.6) is 0 Å². The largest absolute Gasteiger partial charge is 0.381 e. The van der Waals surface area contributed by atoms with Gasteiger partial charge >= 0.3 is 0 Å². The molecule has 0 saturated carbocycles. The number of nitrogens with one attached hydrogen (secondary N) is 1. The summed E-state index contributed by atoms with van der Waals surface area (Å²) in [5.41, 5.74) is 4.93. The molecule has 0 atom stereocenters. The first kappa shape index (κ1) is 14.1. The molecule has 0 bridgehead atoms. The van der Waals surface area contributed by atoms with E-state index in [4.69, 9.17) is 0 Å². The third-order valence-electron chi connectivity index (χ3n) is 3.80. The molecule has 0 aromatic heterocycles. The molecule has 2 aromatic carbocycles. The van der Waals surface area contributed by atoms with Gasteiger partial charge in [-0.2, -0.15) is 0 Å². The van der Waals surface area contributed by atoms with Crippen molar-refractivity contribution in [1.82, 2.24) is 0 Å². The van der Waals surface area contributed by atoms with E-state index in [2.05, 4.69) is 39.4 Å². The number of hydrogen-bond donors (Lipinski definition) is 1. The summed E-state index contributed by atoms with van der Waals surface area (Å²) in [6.45, 7) is 0.576. The van der Waals surface area contributed by atoms with E-state index in [1.54, 1.807) is 12.1 Å². The molecule has 21 heavy (non-hydrogen) atoms. The first-order chi connectivity index (χ1) is 10.1. The maximum absolute atomic E-state index is 10.9. The Morgan fingerprint density at radius 2 is 1.95 bits per heavy atom. The van der Waals surface area contributed by atoms with Crippen LogP contribution in [0, 0.1) is 10.1 Å². The number of benzene rings is 2. The van der Waals surface area contributed by atoms with Gasteiger partial charge in [0.15, 0.2) is 0 Å². The van der Waals surface area contributed by atoms with Crippen LogP contribution in [0.4, 0.5) is 11.4 Å². The summed E-state index contributed by atoms with van der Waals surface area (Å²) in [6.07, 6.45) is 3.56. The van der Waals surface area contributed by atoms with Gasteiger partial charge in [-0.25, -0.2) is 0 Å². The lowest BCUT2D eigenvalue weighted by Crippen LogP contribution is -2.01. The summed E-state index contributed by atoms with van der Waals surface area (Å²) in [5, 5.41) is 14.3. The van der Waals surface area contributed by atoms with Crippen LogP contribution < -0.4 is 5.32 Å². The molecular formula is C16H15BrN2O2. The highest BCUT2D eigenvalue weighted by Gasteiger charge is 2.13. The van der Waals surface area contributed by atoms with Crippen LogP contribution in [0.25, 0.3) is 0 Å². The number of aryl methyl sites for hydroxylation is 2. The zero-order chi connectivity index (χ0) is 14.8. The number of hydrogen-bond acceptors (Lipinski definition) is 3. The Morgan fingerprint density at radius 3 is 2.76 bits per heavy atom. The second kappa shape index (κ2) is 5.85. The number of nitrogens with zero attached hydrogens (tertiary/aromatic N) is 1. The van der Waals surface area contributed by atoms with E-state index < -0.39 is 0 Å². The van der Waals surface area contributed by atoms with Crippen LogP contribution in [0.1, 0.15) is 23.1 Å². The summed E-state index contributed by atoms with van der Waals surface area (Å²) in [6, 6.07) is 11.7. The minimum atomic E-state index is -0.372. The molecule has 0 heterocycles. The molecule has 1 aliphatic rings. The average Bonchev–Trinajstić information content (AvgIpc) is 2.93. The van der Waals surface area contributed by atoms with E-state index >= 15 is 0 Å². The quantitative estimate of drug-likeness (QED) is 0.656. The predicted molar refractivity (Wildman–Crippen MR) is 86.6 cm³/mol. The van der Waals surface area contributed by atoms with Gasteiger partial charge in [-0.1, -0.05) is 12.1 Å². The molecule has 0 aliphatic heterocycles. The highest BCUT2D eigenvalue weighted by atomic mass is 79.9. The van der Waals surface area contributed by atoms with Gasteiger partial charge in [-0.3, -0.25) is 10.1 Å². The molecule has 4 nitrogen and oxygen atoms in total. The number of nitro benzene ring substituents is 1. The summed E-state index contributed by atoms with van der Waals surface area (Å²) in [7, 11) is 0. The average molecular weight is 347 g/mol. The van der Waals surface area contributed by atoms with Crippen molar-refractivity contribution >= 4 is 27.3 Å². The van der Waals surface area contributed by atoms with Crippen molar-refractivity contribution in [2.24, 2.45) is 0 Å². The van der Waals surface area contributed by atoms with Gasteiger partial charge in [0, 0.05) is 18.3 Å². The second-order valence-electron chi connectivity index (χ2n) is 5.23. The highest BCUT2D eigenvalue weighted by Crippen LogP contribution is 2.27. The second-order valence-corrected chi connectivity index (χ2v) is 6.09. The normalized spacial score (nSPS) is 13.0. The van der Waals surface area contributed by atoms with Crippen molar-refractivity contribution in [1.29, 1.82) is 0 Å². The smallest absolute Gasteiger partial charge is 0.283 e. The molecule has 3 rings (SSSR count). The van der Waals surface area contributed by atoms with Gasteiger partial charge < -0.3 is 5.32 Å². The summed E-state index contributed by atoms with van der Waals surface area (Å²) >= 11 is 3.20. The summed E-state index contributed by atoms with van der Waals surface area (Å²) in [5.74, 6) is 0. The standard InChI is InChI=1S/C16H15BrN2O2/c17-15-7-4-11(8-16(15)19(20)21)10-18-14-6-5-12-2-1-3-13(12)9-14/h4-9,18H,1-3,10H2. The molecular weight excluding hydrogens is 332 g/mol. The van der Waals surface area contributed by atoms with Crippen molar-refractivity contribution in [2.45, 2.75) is 25.8 Å². The van der Waals surface area contributed by atoms with E-state index in [9.17, 15) is 10.1 Å². The Bertz CT molecular complexity index is 701. The van der Waals surface area contributed by atoms with E-state index in [0.29, 0.717) is 11.0 Å². The lowest BCUT2D eigenvalue weighted by Gasteiger charge is -2.09. The Hall–Kier alpha value is -1.88. The monoisotopic (exact) mass is 346 g/mol. The van der Waals surface area contributed by atoms with Crippen LogP contribution >= 0.6 is 15.9 Å². The van der Waals surface area contributed by atoms with Crippen LogP contribution in [-0.4, -0.2) is 4.92 Å². The maximum atomic E-state index is 10.9. The molecule has 108 valence electrons. The molecule has 0 saturated heterocycles. The molecule has 1 aliphatic carbocycles. The summed E-state index contributed by atoms with van der Waals surface area (Å²) in [4.78, 5) is 10.6. The topological polar surface area (TPSA) is 55.2 Å². The number of nitro groups is 1. The molecule has 0 radical (unpaired) electrons. The molecule has 0 unspecified atom stereocenters. The fourth-order valence-electron chi connectivity index (χ4n) is 2.69. The number of fused-ring (bicyclic) bond motifs is 1.